The molecular weight excluding hydrogens is 490 g/mol. The molecule has 2 heterocycles. The van der Waals surface area contributed by atoms with Crippen molar-refractivity contribution in [1.29, 1.82) is 5.26 Å². The molecule has 1 amide bonds. The molecule has 0 spiro atoms. The van der Waals surface area contributed by atoms with Gasteiger partial charge in [0.25, 0.3) is 5.89 Å². The summed E-state index contributed by atoms with van der Waals surface area (Å²) >= 11 is 1.46. The Bertz CT molecular complexity index is 1310. The van der Waals surface area contributed by atoms with Crippen molar-refractivity contribution in [3.63, 3.8) is 0 Å². The average molecular weight is 520 g/mol. The molecule has 10 heteroatoms. The van der Waals surface area contributed by atoms with Crippen LogP contribution >= 0.6 is 11.9 Å². The van der Waals surface area contributed by atoms with Gasteiger partial charge in [-0.05, 0) is 56.0 Å². The van der Waals surface area contributed by atoms with Gasteiger partial charge in [0.1, 0.15) is 11.8 Å². The highest BCUT2D eigenvalue weighted by molar-refractivity contribution is 7.98. The third-order valence-corrected chi connectivity index (χ3v) is 7.27. The normalized spacial score (nSPS) is 17.0. The Hall–Kier alpha value is -3.39. The van der Waals surface area contributed by atoms with Crippen LogP contribution in [0.25, 0.3) is 22.8 Å². The van der Waals surface area contributed by atoms with Crippen molar-refractivity contribution in [2.75, 3.05) is 32.1 Å². The van der Waals surface area contributed by atoms with Crippen LogP contribution in [0.4, 0.5) is 0 Å². The lowest BCUT2D eigenvalue weighted by Crippen LogP contribution is -2.41. The molecule has 192 valence electrons. The van der Waals surface area contributed by atoms with Gasteiger partial charge < -0.3 is 18.9 Å². The van der Waals surface area contributed by atoms with Crippen LogP contribution in [0.5, 0.6) is 5.75 Å². The number of nitrogens with one attached hydrogen (secondary N) is 1. The molecule has 1 N–H and O–H groups in total. The van der Waals surface area contributed by atoms with Gasteiger partial charge in [0, 0.05) is 30.3 Å². The molecule has 1 aromatic heterocycles. The maximum Gasteiger partial charge on any atom is 0.258 e. The first-order valence-corrected chi connectivity index (χ1v) is 13.4. The first kappa shape index (κ1) is 25.3. The van der Waals surface area contributed by atoms with Crippen LogP contribution < -0.4 is 9.46 Å². The number of ether oxygens (including phenoxy) is 2. The lowest BCUT2D eigenvalue weighted by molar-refractivity contribution is -0.132. The van der Waals surface area contributed by atoms with Crippen molar-refractivity contribution in [2.24, 2.45) is 0 Å². The quantitative estimate of drug-likeness (QED) is 0.439. The zero-order valence-corrected chi connectivity index (χ0v) is 21.7. The van der Waals surface area contributed by atoms with Gasteiger partial charge in [-0.3, -0.25) is 9.52 Å². The van der Waals surface area contributed by atoms with Gasteiger partial charge in [-0.25, -0.2) is 0 Å². The summed E-state index contributed by atoms with van der Waals surface area (Å²) in [4.78, 5) is 18.9. The van der Waals surface area contributed by atoms with Gasteiger partial charge in [0.05, 0.1) is 30.6 Å². The Morgan fingerprint density at radius 3 is 2.92 bits per heavy atom. The molecule has 1 saturated heterocycles. The molecule has 37 heavy (non-hydrogen) atoms. The number of carbonyl (C=O) groups excluding carboxylic acids is 1. The van der Waals surface area contributed by atoms with E-state index >= 15 is 0 Å². The molecule has 3 aromatic rings. The topological polar surface area (TPSA) is 114 Å². The number of fused-ring (bicyclic) bond motifs is 1. The van der Waals surface area contributed by atoms with Crippen LogP contribution in [0.1, 0.15) is 43.0 Å². The van der Waals surface area contributed by atoms with Gasteiger partial charge >= 0.3 is 0 Å². The van der Waals surface area contributed by atoms with E-state index in [4.69, 9.17) is 14.0 Å². The summed E-state index contributed by atoms with van der Waals surface area (Å²) in [5, 5.41) is 13.8. The SMILES string of the molecule is CC(C)Oc1ccc(-c2nc(-c3cccc4c3CCC4NSCC(=O)N3CCOCC3)no2)cc1C#N. The maximum atomic E-state index is 12.4. The number of carbonyl (C=O) groups is 1. The van der Waals surface area contributed by atoms with Crippen LogP contribution in [0.2, 0.25) is 0 Å². The Labute approximate surface area is 220 Å². The third-order valence-electron chi connectivity index (χ3n) is 6.43. The van der Waals surface area contributed by atoms with E-state index in [2.05, 4.69) is 27.0 Å². The fourth-order valence-corrected chi connectivity index (χ4v) is 5.49. The number of hydrogen-bond donors (Lipinski definition) is 1. The lowest BCUT2D eigenvalue weighted by Gasteiger charge is -2.26. The summed E-state index contributed by atoms with van der Waals surface area (Å²) in [6.07, 6.45) is 1.78. The zero-order chi connectivity index (χ0) is 25.8. The van der Waals surface area contributed by atoms with E-state index in [0.717, 1.165) is 18.4 Å². The van der Waals surface area contributed by atoms with E-state index in [1.807, 2.05) is 36.9 Å². The number of rotatable bonds is 8. The summed E-state index contributed by atoms with van der Waals surface area (Å²) < 4.78 is 20.1. The second kappa shape index (κ2) is 11.3. The Morgan fingerprint density at radius 2 is 2.14 bits per heavy atom. The molecule has 1 aliphatic heterocycles. The number of nitriles is 1. The molecule has 1 atom stereocenters. The van der Waals surface area contributed by atoms with Crippen LogP contribution in [-0.4, -0.2) is 59.1 Å². The Morgan fingerprint density at radius 1 is 1.30 bits per heavy atom. The monoisotopic (exact) mass is 519 g/mol. The number of aromatic nitrogens is 2. The van der Waals surface area contributed by atoms with Gasteiger partial charge in [-0.1, -0.05) is 35.3 Å². The van der Waals surface area contributed by atoms with Gasteiger partial charge in [-0.2, -0.15) is 10.2 Å². The standard InChI is InChI=1S/C27H29N5O4S/c1-17(2)35-24-9-6-18(14-19(24)15-28)27-29-26(30-36-27)22-5-3-4-21-20(22)7-8-23(21)31-37-16-25(33)32-10-12-34-13-11-32/h3-6,9,14,17,23,31H,7-8,10-13,16H2,1-2H3. The molecule has 2 aromatic carbocycles. The van der Waals surface area contributed by atoms with E-state index < -0.39 is 0 Å². The molecule has 9 nitrogen and oxygen atoms in total. The molecule has 0 bridgehead atoms. The van der Waals surface area contributed by atoms with E-state index in [0.29, 0.717) is 60.6 Å². The summed E-state index contributed by atoms with van der Waals surface area (Å²) in [6, 6.07) is 13.7. The molecule has 5 rings (SSSR count). The number of benzene rings is 2. The van der Waals surface area contributed by atoms with Crippen molar-refractivity contribution in [2.45, 2.75) is 38.8 Å². The van der Waals surface area contributed by atoms with Crippen molar-refractivity contribution < 1.29 is 18.8 Å². The van der Waals surface area contributed by atoms with Crippen molar-refractivity contribution >= 4 is 17.9 Å². The highest BCUT2D eigenvalue weighted by Crippen LogP contribution is 2.38. The summed E-state index contributed by atoms with van der Waals surface area (Å²) in [7, 11) is 0. The van der Waals surface area contributed by atoms with Crippen LogP contribution in [0, 0.1) is 11.3 Å². The van der Waals surface area contributed by atoms with Crippen molar-refractivity contribution in [1.82, 2.24) is 19.8 Å². The van der Waals surface area contributed by atoms with Gasteiger partial charge in [-0.15, -0.1) is 0 Å². The minimum atomic E-state index is -0.0323. The average Bonchev–Trinajstić information content (AvgIpc) is 3.57. The highest BCUT2D eigenvalue weighted by atomic mass is 32.2. The van der Waals surface area contributed by atoms with Crippen LogP contribution in [-0.2, 0) is 16.0 Å². The molecule has 0 radical (unpaired) electrons. The maximum absolute atomic E-state index is 12.4. The lowest BCUT2D eigenvalue weighted by atomic mass is 10.0. The molecule has 0 saturated carbocycles. The first-order chi connectivity index (χ1) is 18.0. The van der Waals surface area contributed by atoms with Gasteiger partial charge in [0.2, 0.25) is 11.7 Å². The Balaban J connectivity index is 1.28. The van der Waals surface area contributed by atoms with Crippen molar-refractivity contribution in [3.8, 4) is 34.7 Å². The Kier molecular flexibility index (Phi) is 7.74. The van der Waals surface area contributed by atoms with Crippen molar-refractivity contribution in [3.05, 3.63) is 53.1 Å². The first-order valence-electron chi connectivity index (χ1n) is 12.4. The highest BCUT2D eigenvalue weighted by Gasteiger charge is 2.27. The predicted molar refractivity (Wildman–Crippen MR) is 140 cm³/mol. The smallest absolute Gasteiger partial charge is 0.258 e. The van der Waals surface area contributed by atoms with E-state index in [-0.39, 0.29) is 18.1 Å². The van der Waals surface area contributed by atoms with E-state index in [1.54, 1.807) is 12.1 Å². The predicted octanol–water partition coefficient (Wildman–Crippen LogP) is 4.15. The number of morpholine rings is 1. The minimum Gasteiger partial charge on any atom is -0.490 e. The number of nitrogens with zero attached hydrogens (tertiary/aromatic N) is 4. The molecule has 1 aliphatic carbocycles. The molecule has 1 unspecified atom stereocenters. The molecule has 1 fully saturated rings. The second-order valence-corrected chi connectivity index (χ2v) is 10.1. The third kappa shape index (κ3) is 5.64. The largest absolute Gasteiger partial charge is 0.490 e. The number of hydrogen-bond acceptors (Lipinski definition) is 9. The van der Waals surface area contributed by atoms with Crippen LogP contribution in [0.15, 0.2) is 40.9 Å². The summed E-state index contributed by atoms with van der Waals surface area (Å²) in [5.41, 5.74) is 4.40. The van der Waals surface area contributed by atoms with E-state index in [9.17, 15) is 10.1 Å². The molecular formula is C27H29N5O4S. The van der Waals surface area contributed by atoms with E-state index in [1.165, 1.54) is 23.1 Å². The summed E-state index contributed by atoms with van der Waals surface area (Å²) in [5.74, 6) is 1.93. The molecule has 2 aliphatic rings. The second-order valence-electron chi connectivity index (χ2n) is 9.28. The zero-order valence-electron chi connectivity index (χ0n) is 20.9. The summed E-state index contributed by atoms with van der Waals surface area (Å²) in [6.45, 7) is 6.38. The van der Waals surface area contributed by atoms with Crippen LogP contribution in [0.3, 0.4) is 0 Å². The number of amides is 1. The fourth-order valence-electron chi connectivity index (χ4n) is 4.65. The fraction of sp³-hybridized carbons (Fsp3) is 0.407. The minimum absolute atomic E-state index is 0.0323. The van der Waals surface area contributed by atoms with Gasteiger partial charge in [0.15, 0.2) is 0 Å².